The number of ketones is 1. The van der Waals surface area contributed by atoms with Gasteiger partial charge in [-0.2, -0.15) is 0 Å². The maximum Gasteiger partial charge on any atom is 0.227 e. The fourth-order valence-electron chi connectivity index (χ4n) is 2.51. The van der Waals surface area contributed by atoms with Crippen LogP contribution in [-0.2, 0) is 4.79 Å². The lowest BCUT2D eigenvalue weighted by Crippen LogP contribution is -2.23. The molecule has 0 spiro atoms. The van der Waals surface area contributed by atoms with Crippen molar-refractivity contribution in [3.63, 3.8) is 0 Å². The summed E-state index contributed by atoms with van der Waals surface area (Å²) in [5.41, 5.74) is 1.90. The second-order valence-electron chi connectivity index (χ2n) is 5.00. The highest BCUT2D eigenvalue weighted by molar-refractivity contribution is 6.35. The third kappa shape index (κ3) is 2.69. The van der Waals surface area contributed by atoms with Gasteiger partial charge in [-0.3, -0.25) is 9.59 Å². The molecule has 0 aromatic heterocycles. The van der Waals surface area contributed by atoms with Gasteiger partial charge in [0.25, 0.3) is 0 Å². The zero-order valence-corrected chi connectivity index (χ0v) is 12.1. The molecule has 0 aliphatic carbocycles. The number of carbonyl (C=O) groups excluding carboxylic acids is 2. The Hall–Kier alpha value is -2.13. The van der Waals surface area contributed by atoms with Gasteiger partial charge in [0.15, 0.2) is 5.78 Å². The molecule has 3 nitrogen and oxygen atoms in total. The van der Waals surface area contributed by atoms with Crippen LogP contribution in [0.5, 0.6) is 0 Å². The highest BCUT2D eigenvalue weighted by atomic mass is 35.5. The maximum absolute atomic E-state index is 12.4. The second kappa shape index (κ2) is 5.70. The molecule has 1 saturated heterocycles. The third-order valence-electron chi connectivity index (χ3n) is 3.63. The monoisotopic (exact) mass is 299 g/mol. The molecule has 0 atom stereocenters. The van der Waals surface area contributed by atoms with Crippen LogP contribution in [0.4, 0.5) is 5.69 Å². The van der Waals surface area contributed by atoms with Crippen molar-refractivity contribution in [2.45, 2.75) is 12.8 Å². The summed E-state index contributed by atoms with van der Waals surface area (Å²) in [4.78, 5) is 25.9. The Bertz CT molecular complexity index is 694. The van der Waals surface area contributed by atoms with Gasteiger partial charge in [0.1, 0.15) is 0 Å². The number of amides is 1. The molecule has 3 rings (SSSR count). The van der Waals surface area contributed by atoms with Crippen molar-refractivity contribution in [1.82, 2.24) is 0 Å². The molecule has 0 saturated carbocycles. The Kier molecular flexibility index (Phi) is 3.76. The van der Waals surface area contributed by atoms with Crippen LogP contribution in [0.2, 0.25) is 5.02 Å². The molecule has 21 heavy (non-hydrogen) atoms. The molecule has 0 bridgehead atoms. The van der Waals surface area contributed by atoms with Gasteiger partial charge in [0.2, 0.25) is 5.91 Å². The Morgan fingerprint density at radius 1 is 1.05 bits per heavy atom. The number of rotatable bonds is 3. The first kappa shape index (κ1) is 13.8. The molecule has 2 aromatic rings. The van der Waals surface area contributed by atoms with Crippen LogP contribution >= 0.6 is 11.6 Å². The highest BCUT2D eigenvalue weighted by Crippen LogP contribution is 2.24. The molecule has 2 aromatic carbocycles. The first-order valence-corrected chi connectivity index (χ1v) is 7.24. The molecular formula is C17H14ClNO2. The van der Waals surface area contributed by atoms with E-state index in [4.69, 9.17) is 11.6 Å². The Morgan fingerprint density at radius 3 is 2.38 bits per heavy atom. The minimum atomic E-state index is -0.111. The molecule has 1 amide bonds. The number of halogens is 1. The molecule has 1 heterocycles. The summed E-state index contributed by atoms with van der Waals surface area (Å²) >= 11 is 6.05. The quantitative estimate of drug-likeness (QED) is 0.810. The van der Waals surface area contributed by atoms with E-state index in [0.29, 0.717) is 22.6 Å². The smallest absolute Gasteiger partial charge is 0.227 e. The number of hydrogen-bond donors (Lipinski definition) is 0. The summed E-state index contributed by atoms with van der Waals surface area (Å²) in [7, 11) is 0. The predicted octanol–water partition coefficient (Wildman–Crippen LogP) is 3.70. The lowest BCUT2D eigenvalue weighted by Gasteiger charge is -2.15. The van der Waals surface area contributed by atoms with Crippen LogP contribution in [0.1, 0.15) is 28.8 Å². The van der Waals surface area contributed by atoms with Crippen LogP contribution in [0, 0.1) is 0 Å². The molecule has 4 heteroatoms. The molecule has 1 fully saturated rings. The van der Waals surface area contributed by atoms with Crippen molar-refractivity contribution in [1.29, 1.82) is 0 Å². The average molecular weight is 300 g/mol. The van der Waals surface area contributed by atoms with E-state index in [0.717, 1.165) is 18.7 Å². The summed E-state index contributed by atoms with van der Waals surface area (Å²) in [6.45, 7) is 0.747. The van der Waals surface area contributed by atoms with E-state index in [2.05, 4.69) is 0 Å². The van der Waals surface area contributed by atoms with E-state index < -0.39 is 0 Å². The zero-order chi connectivity index (χ0) is 14.8. The average Bonchev–Trinajstić information content (AvgIpc) is 2.93. The van der Waals surface area contributed by atoms with E-state index >= 15 is 0 Å². The SMILES string of the molecule is O=C(c1ccc(N2CCCC2=O)cc1)c1ccccc1Cl. The van der Waals surface area contributed by atoms with Crippen molar-refractivity contribution >= 4 is 29.0 Å². The van der Waals surface area contributed by atoms with Gasteiger partial charge in [-0.25, -0.2) is 0 Å². The largest absolute Gasteiger partial charge is 0.312 e. The van der Waals surface area contributed by atoms with Crippen LogP contribution in [-0.4, -0.2) is 18.2 Å². The van der Waals surface area contributed by atoms with Crippen molar-refractivity contribution in [3.8, 4) is 0 Å². The normalized spacial score (nSPS) is 14.5. The van der Waals surface area contributed by atoms with Crippen molar-refractivity contribution in [2.24, 2.45) is 0 Å². The summed E-state index contributed by atoms with van der Waals surface area (Å²) in [5, 5.41) is 0.446. The summed E-state index contributed by atoms with van der Waals surface area (Å²) in [6.07, 6.45) is 1.49. The summed E-state index contributed by atoms with van der Waals surface area (Å²) in [6, 6.07) is 14.1. The molecule has 106 valence electrons. The van der Waals surface area contributed by atoms with Gasteiger partial charge in [-0.1, -0.05) is 23.7 Å². The standard InChI is InChI=1S/C17H14ClNO2/c18-15-5-2-1-4-14(15)17(21)12-7-9-13(10-8-12)19-11-3-6-16(19)20/h1-2,4-5,7-10H,3,6,11H2. The second-order valence-corrected chi connectivity index (χ2v) is 5.41. The fraction of sp³-hybridized carbons (Fsp3) is 0.176. The van der Waals surface area contributed by atoms with Crippen LogP contribution < -0.4 is 4.90 Å². The van der Waals surface area contributed by atoms with E-state index in [-0.39, 0.29) is 11.7 Å². The number of nitrogens with zero attached hydrogens (tertiary/aromatic N) is 1. The van der Waals surface area contributed by atoms with E-state index in [1.54, 1.807) is 41.3 Å². The zero-order valence-electron chi connectivity index (χ0n) is 11.4. The maximum atomic E-state index is 12.4. The predicted molar refractivity (Wildman–Crippen MR) is 82.9 cm³/mol. The van der Waals surface area contributed by atoms with Crippen molar-refractivity contribution in [3.05, 3.63) is 64.7 Å². The van der Waals surface area contributed by atoms with Crippen molar-refractivity contribution < 1.29 is 9.59 Å². The van der Waals surface area contributed by atoms with Gasteiger partial charge in [-0.05, 0) is 42.8 Å². The molecule has 0 radical (unpaired) electrons. The number of carbonyl (C=O) groups is 2. The molecule has 1 aliphatic rings. The van der Waals surface area contributed by atoms with Crippen LogP contribution in [0.3, 0.4) is 0 Å². The first-order chi connectivity index (χ1) is 10.2. The molecule has 1 aliphatic heterocycles. The Balaban J connectivity index is 1.86. The topological polar surface area (TPSA) is 37.4 Å². The van der Waals surface area contributed by atoms with Gasteiger partial charge < -0.3 is 4.90 Å². The van der Waals surface area contributed by atoms with Gasteiger partial charge in [-0.15, -0.1) is 0 Å². The number of benzene rings is 2. The minimum absolute atomic E-state index is 0.111. The minimum Gasteiger partial charge on any atom is -0.312 e. The van der Waals surface area contributed by atoms with Gasteiger partial charge in [0.05, 0.1) is 5.02 Å². The fourth-order valence-corrected chi connectivity index (χ4v) is 2.74. The first-order valence-electron chi connectivity index (χ1n) is 6.86. The van der Waals surface area contributed by atoms with Crippen LogP contribution in [0.15, 0.2) is 48.5 Å². The van der Waals surface area contributed by atoms with Crippen LogP contribution in [0.25, 0.3) is 0 Å². The lowest BCUT2D eigenvalue weighted by molar-refractivity contribution is -0.117. The number of hydrogen-bond acceptors (Lipinski definition) is 2. The molecule has 0 unspecified atom stereocenters. The Labute approximate surface area is 128 Å². The summed E-state index contributed by atoms with van der Waals surface area (Å²) < 4.78 is 0. The summed E-state index contributed by atoms with van der Waals surface area (Å²) in [5.74, 6) is 0.0279. The third-order valence-corrected chi connectivity index (χ3v) is 3.96. The van der Waals surface area contributed by atoms with Gasteiger partial charge in [0, 0.05) is 29.8 Å². The van der Waals surface area contributed by atoms with Gasteiger partial charge >= 0.3 is 0 Å². The Morgan fingerprint density at radius 2 is 1.76 bits per heavy atom. The highest BCUT2D eigenvalue weighted by Gasteiger charge is 2.22. The molecule has 0 N–H and O–H groups in total. The number of anilines is 1. The van der Waals surface area contributed by atoms with E-state index in [9.17, 15) is 9.59 Å². The van der Waals surface area contributed by atoms with E-state index in [1.165, 1.54) is 0 Å². The van der Waals surface area contributed by atoms with Crippen molar-refractivity contribution in [2.75, 3.05) is 11.4 Å². The lowest BCUT2D eigenvalue weighted by atomic mass is 10.0. The molecular weight excluding hydrogens is 286 g/mol. The van der Waals surface area contributed by atoms with E-state index in [1.807, 2.05) is 12.1 Å².